The van der Waals surface area contributed by atoms with Gasteiger partial charge in [0.2, 0.25) is 0 Å². The van der Waals surface area contributed by atoms with Gasteiger partial charge in [0, 0.05) is 6.04 Å². The molecule has 0 radical (unpaired) electrons. The number of nitrogens with zero attached hydrogens (tertiary/aromatic N) is 1. The van der Waals surface area contributed by atoms with Crippen molar-refractivity contribution in [3.05, 3.63) is 18.0 Å². The summed E-state index contributed by atoms with van der Waals surface area (Å²) in [6.45, 7) is 6.67. The Labute approximate surface area is 78.2 Å². The van der Waals surface area contributed by atoms with Crippen molar-refractivity contribution in [2.45, 2.75) is 26.8 Å². The van der Waals surface area contributed by atoms with Crippen LogP contribution in [0.3, 0.4) is 0 Å². The second-order valence-corrected chi connectivity index (χ2v) is 4.54. The van der Waals surface area contributed by atoms with E-state index in [0.717, 1.165) is 11.4 Å². The summed E-state index contributed by atoms with van der Waals surface area (Å²) in [5.74, 6) is 0. The first-order chi connectivity index (χ1) is 6.07. The SMILES string of the molecule is CC(C)(C)C1C=Cc2[nH]ncc2N1. The summed E-state index contributed by atoms with van der Waals surface area (Å²) in [4.78, 5) is 0. The fraction of sp³-hybridized carbons (Fsp3) is 0.500. The molecule has 1 aromatic heterocycles. The number of nitrogens with one attached hydrogen (secondary N) is 2. The molecule has 0 bridgehead atoms. The van der Waals surface area contributed by atoms with Gasteiger partial charge in [-0.2, -0.15) is 5.10 Å². The number of anilines is 1. The summed E-state index contributed by atoms with van der Waals surface area (Å²) >= 11 is 0. The highest BCUT2D eigenvalue weighted by Crippen LogP contribution is 2.29. The maximum Gasteiger partial charge on any atom is 0.0807 e. The summed E-state index contributed by atoms with van der Waals surface area (Å²) < 4.78 is 0. The Morgan fingerprint density at radius 3 is 2.85 bits per heavy atom. The average Bonchev–Trinajstić information content (AvgIpc) is 2.47. The molecule has 0 saturated heterocycles. The molecule has 13 heavy (non-hydrogen) atoms. The van der Waals surface area contributed by atoms with Crippen molar-refractivity contribution >= 4 is 11.8 Å². The summed E-state index contributed by atoms with van der Waals surface area (Å²) in [5, 5.41) is 10.3. The molecule has 1 aliphatic rings. The number of H-pyrrole nitrogens is 1. The van der Waals surface area contributed by atoms with Crippen LogP contribution in [0.5, 0.6) is 0 Å². The lowest BCUT2D eigenvalue weighted by Crippen LogP contribution is -2.33. The third kappa shape index (κ3) is 1.46. The summed E-state index contributed by atoms with van der Waals surface area (Å²) in [6.07, 6.45) is 6.10. The zero-order valence-corrected chi connectivity index (χ0v) is 8.26. The first kappa shape index (κ1) is 8.35. The second-order valence-electron chi connectivity index (χ2n) is 4.54. The van der Waals surface area contributed by atoms with Crippen molar-refractivity contribution in [2.75, 3.05) is 5.32 Å². The Kier molecular flexibility index (Phi) is 1.68. The normalized spacial score (nSPS) is 21.0. The third-order valence-electron chi connectivity index (χ3n) is 2.37. The lowest BCUT2D eigenvalue weighted by atomic mass is 9.85. The lowest BCUT2D eigenvalue weighted by Gasteiger charge is -2.31. The Hall–Kier alpha value is -1.25. The molecule has 3 heteroatoms. The van der Waals surface area contributed by atoms with Crippen LogP contribution in [0.25, 0.3) is 6.08 Å². The van der Waals surface area contributed by atoms with Crippen molar-refractivity contribution in [2.24, 2.45) is 5.41 Å². The van der Waals surface area contributed by atoms with Crippen LogP contribution in [-0.2, 0) is 0 Å². The molecule has 0 aromatic carbocycles. The van der Waals surface area contributed by atoms with E-state index in [1.54, 1.807) is 0 Å². The second kappa shape index (κ2) is 2.62. The highest BCUT2D eigenvalue weighted by atomic mass is 15.1. The van der Waals surface area contributed by atoms with Crippen molar-refractivity contribution in [3.8, 4) is 0 Å². The highest BCUT2D eigenvalue weighted by molar-refractivity contribution is 5.67. The minimum atomic E-state index is 0.242. The van der Waals surface area contributed by atoms with Crippen LogP contribution in [0.4, 0.5) is 5.69 Å². The summed E-state index contributed by atoms with van der Waals surface area (Å²) in [5.41, 5.74) is 2.41. The molecule has 1 aromatic rings. The number of aromatic nitrogens is 2. The van der Waals surface area contributed by atoms with Crippen molar-refractivity contribution in [1.29, 1.82) is 0 Å². The zero-order valence-electron chi connectivity index (χ0n) is 8.26. The van der Waals surface area contributed by atoms with Gasteiger partial charge in [-0.1, -0.05) is 26.8 Å². The minimum absolute atomic E-state index is 0.242. The molecule has 2 N–H and O–H groups in total. The predicted octanol–water partition coefficient (Wildman–Crippen LogP) is 2.26. The molecule has 1 atom stereocenters. The molecule has 2 heterocycles. The van der Waals surface area contributed by atoms with E-state index in [2.05, 4.69) is 48.4 Å². The molecule has 0 spiro atoms. The number of aromatic amines is 1. The Balaban J connectivity index is 2.26. The molecule has 0 fully saturated rings. The number of rotatable bonds is 0. The average molecular weight is 177 g/mol. The maximum atomic E-state index is 3.98. The molecular formula is C10H15N3. The van der Waals surface area contributed by atoms with Gasteiger partial charge in [-0.25, -0.2) is 0 Å². The van der Waals surface area contributed by atoms with E-state index in [4.69, 9.17) is 0 Å². The molecule has 1 unspecified atom stereocenters. The fourth-order valence-electron chi connectivity index (χ4n) is 1.45. The summed E-state index contributed by atoms with van der Waals surface area (Å²) in [6, 6.07) is 0.387. The van der Waals surface area contributed by atoms with E-state index in [-0.39, 0.29) is 5.41 Å². The fourth-order valence-corrected chi connectivity index (χ4v) is 1.45. The quantitative estimate of drug-likeness (QED) is 0.638. The van der Waals surface area contributed by atoms with Gasteiger partial charge in [0.1, 0.15) is 0 Å². The van der Waals surface area contributed by atoms with Crippen molar-refractivity contribution < 1.29 is 0 Å². The molecule has 0 saturated carbocycles. The van der Waals surface area contributed by atoms with Crippen molar-refractivity contribution in [3.63, 3.8) is 0 Å². The Morgan fingerprint density at radius 2 is 2.15 bits per heavy atom. The van der Waals surface area contributed by atoms with Crippen LogP contribution in [0.15, 0.2) is 12.3 Å². The molecule has 0 amide bonds. The largest absolute Gasteiger partial charge is 0.375 e. The number of hydrogen-bond acceptors (Lipinski definition) is 2. The first-order valence-electron chi connectivity index (χ1n) is 4.55. The van der Waals surface area contributed by atoms with Gasteiger partial charge < -0.3 is 5.32 Å². The lowest BCUT2D eigenvalue weighted by molar-refractivity contribution is 0.384. The molecule has 1 aliphatic heterocycles. The van der Waals surface area contributed by atoms with E-state index in [0.29, 0.717) is 6.04 Å². The van der Waals surface area contributed by atoms with Gasteiger partial charge in [0.15, 0.2) is 0 Å². The summed E-state index contributed by atoms with van der Waals surface area (Å²) in [7, 11) is 0. The predicted molar refractivity (Wildman–Crippen MR) is 54.5 cm³/mol. The van der Waals surface area contributed by atoms with Gasteiger partial charge in [0.05, 0.1) is 17.6 Å². The maximum absolute atomic E-state index is 3.98. The van der Waals surface area contributed by atoms with Gasteiger partial charge in [-0.15, -0.1) is 0 Å². The topological polar surface area (TPSA) is 40.7 Å². The molecule has 2 rings (SSSR count). The number of hydrogen-bond donors (Lipinski definition) is 2. The molecular weight excluding hydrogens is 162 g/mol. The van der Waals surface area contributed by atoms with Crippen LogP contribution < -0.4 is 5.32 Å². The van der Waals surface area contributed by atoms with Crippen LogP contribution in [0.2, 0.25) is 0 Å². The van der Waals surface area contributed by atoms with Gasteiger partial charge in [-0.3, -0.25) is 5.10 Å². The van der Waals surface area contributed by atoms with E-state index in [1.165, 1.54) is 0 Å². The van der Waals surface area contributed by atoms with Crippen LogP contribution in [-0.4, -0.2) is 16.2 Å². The molecule has 0 aliphatic carbocycles. The number of fused-ring (bicyclic) bond motifs is 1. The monoisotopic (exact) mass is 177 g/mol. The zero-order chi connectivity index (χ0) is 9.47. The van der Waals surface area contributed by atoms with E-state index >= 15 is 0 Å². The van der Waals surface area contributed by atoms with E-state index < -0.39 is 0 Å². The Morgan fingerprint density at radius 1 is 1.38 bits per heavy atom. The Bertz CT molecular complexity index is 330. The molecule has 3 nitrogen and oxygen atoms in total. The van der Waals surface area contributed by atoms with E-state index in [1.807, 2.05) is 6.20 Å². The van der Waals surface area contributed by atoms with Crippen LogP contribution in [0.1, 0.15) is 26.5 Å². The van der Waals surface area contributed by atoms with Crippen LogP contribution >= 0.6 is 0 Å². The molecule has 70 valence electrons. The van der Waals surface area contributed by atoms with Gasteiger partial charge in [-0.05, 0) is 11.5 Å². The third-order valence-corrected chi connectivity index (χ3v) is 2.37. The van der Waals surface area contributed by atoms with E-state index in [9.17, 15) is 0 Å². The standard InChI is InChI=1S/C10H15N3/c1-10(2,3)9-5-4-7-8(12-9)6-11-13-7/h4-6,9,12H,1-3H3,(H,11,13). The minimum Gasteiger partial charge on any atom is -0.375 e. The van der Waals surface area contributed by atoms with Gasteiger partial charge in [0.25, 0.3) is 0 Å². The van der Waals surface area contributed by atoms with Crippen LogP contribution in [0, 0.1) is 5.41 Å². The van der Waals surface area contributed by atoms with Crippen molar-refractivity contribution in [1.82, 2.24) is 10.2 Å². The highest BCUT2D eigenvalue weighted by Gasteiger charge is 2.25. The first-order valence-corrected chi connectivity index (χ1v) is 4.55. The van der Waals surface area contributed by atoms with Gasteiger partial charge >= 0.3 is 0 Å². The smallest absolute Gasteiger partial charge is 0.0807 e.